The lowest BCUT2D eigenvalue weighted by Gasteiger charge is -2.26. The predicted octanol–water partition coefficient (Wildman–Crippen LogP) is 2.58. The number of carbonyl (C=O) groups excluding carboxylic acids is 1. The number of benzene rings is 2. The third-order valence-electron chi connectivity index (χ3n) is 4.49. The Hall–Kier alpha value is -2.22. The van der Waals surface area contributed by atoms with E-state index in [9.17, 15) is 13.2 Å². The van der Waals surface area contributed by atoms with E-state index >= 15 is 0 Å². The number of hydrogen-bond acceptors (Lipinski definition) is 4. The highest BCUT2D eigenvalue weighted by molar-refractivity contribution is 7.89. The third kappa shape index (κ3) is 3.95. The first-order valence-corrected chi connectivity index (χ1v) is 9.88. The average molecular weight is 374 g/mol. The second-order valence-electron chi connectivity index (χ2n) is 6.29. The van der Waals surface area contributed by atoms with Crippen molar-refractivity contribution >= 4 is 21.6 Å². The molecule has 0 aliphatic carbocycles. The van der Waals surface area contributed by atoms with Crippen LogP contribution in [0.4, 0.5) is 5.69 Å². The summed E-state index contributed by atoms with van der Waals surface area (Å²) >= 11 is 0. The zero-order valence-electron chi connectivity index (χ0n) is 14.9. The molecule has 0 aromatic heterocycles. The summed E-state index contributed by atoms with van der Waals surface area (Å²) in [5.74, 6) is -0.274. The van der Waals surface area contributed by atoms with E-state index in [4.69, 9.17) is 4.74 Å². The van der Waals surface area contributed by atoms with Crippen molar-refractivity contribution in [3.05, 3.63) is 59.2 Å². The highest BCUT2D eigenvalue weighted by Crippen LogP contribution is 2.19. The first kappa shape index (κ1) is 18.6. The van der Waals surface area contributed by atoms with Gasteiger partial charge in [-0.25, -0.2) is 8.42 Å². The van der Waals surface area contributed by atoms with Gasteiger partial charge in [-0.05, 0) is 61.4 Å². The molecule has 2 aromatic carbocycles. The van der Waals surface area contributed by atoms with Crippen LogP contribution in [0.1, 0.15) is 21.5 Å². The molecule has 1 saturated heterocycles. The summed E-state index contributed by atoms with van der Waals surface area (Å²) in [4.78, 5) is 12.6. The predicted molar refractivity (Wildman–Crippen MR) is 99.9 cm³/mol. The number of morpholine rings is 1. The topological polar surface area (TPSA) is 75.7 Å². The summed E-state index contributed by atoms with van der Waals surface area (Å²) in [6.45, 7) is 5.48. The fourth-order valence-corrected chi connectivity index (χ4v) is 4.14. The molecule has 1 N–H and O–H groups in total. The van der Waals surface area contributed by atoms with Gasteiger partial charge < -0.3 is 10.1 Å². The van der Waals surface area contributed by atoms with Crippen molar-refractivity contribution in [3.63, 3.8) is 0 Å². The number of sulfonamides is 1. The molecule has 0 saturated carbocycles. The molecule has 0 atom stereocenters. The van der Waals surface area contributed by atoms with Crippen LogP contribution in [0.5, 0.6) is 0 Å². The molecule has 6 nitrogen and oxygen atoms in total. The number of carbonyl (C=O) groups is 1. The monoisotopic (exact) mass is 374 g/mol. The van der Waals surface area contributed by atoms with E-state index in [-0.39, 0.29) is 10.8 Å². The van der Waals surface area contributed by atoms with Gasteiger partial charge in [-0.2, -0.15) is 4.31 Å². The molecular weight excluding hydrogens is 352 g/mol. The van der Waals surface area contributed by atoms with E-state index < -0.39 is 10.0 Å². The average Bonchev–Trinajstić information content (AvgIpc) is 2.65. The molecule has 2 aromatic rings. The highest BCUT2D eigenvalue weighted by atomic mass is 32.2. The molecular formula is C19H22N2O4S. The van der Waals surface area contributed by atoms with Crippen molar-refractivity contribution in [1.29, 1.82) is 0 Å². The maximum absolute atomic E-state index is 12.6. The van der Waals surface area contributed by atoms with E-state index in [1.165, 1.54) is 28.6 Å². The van der Waals surface area contributed by atoms with Crippen LogP contribution in [0.25, 0.3) is 0 Å². The van der Waals surface area contributed by atoms with Crippen LogP contribution >= 0.6 is 0 Å². The molecule has 1 fully saturated rings. The maximum atomic E-state index is 12.6. The Morgan fingerprint density at radius 1 is 1.00 bits per heavy atom. The molecule has 1 heterocycles. The number of nitrogens with zero attached hydrogens (tertiary/aromatic N) is 1. The Balaban J connectivity index is 1.74. The normalized spacial score (nSPS) is 15.6. The minimum atomic E-state index is -3.55. The van der Waals surface area contributed by atoms with Gasteiger partial charge >= 0.3 is 0 Å². The van der Waals surface area contributed by atoms with Crippen molar-refractivity contribution < 1.29 is 17.9 Å². The fourth-order valence-electron chi connectivity index (χ4n) is 2.74. The molecule has 138 valence electrons. The third-order valence-corrected chi connectivity index (χ3v) is 6.40. The Morgan fingerprint density at radius 2 is 1.65 bits per heavy atom. The van der Waals surface area contributed by atoms with E-state index in [0.717, 1.165) is 11.1 Å². The molecule has 0 spiro atoms. The van der Waals surface area contributed by atoms with E-state index in [2.05, 4.69) is 5.32 Å². The second-order valence-corrected chi connectivity index (χ2v) is 8.23. The van der Waals surface area contributed by atoms with Crippen LogP contribution in [0, 0.1) is 13.8 Å². The van der Waals surface area contributed by atoms with E-state index in [0.29, 0.717) is 37.6 Å². The Labute approximate surface area is 153 Å². The number of anilines is 1. The molecule has 1 aliphatic rings. The Morgan fingerprint density at radius 3 is 2.27 bits per heavy atom. The molecule has 0 bridgehead atoms. The second kappa shape index (κ2) is 7.57. The van der Waals surface area contributed by atoms with Gasteiger partial charge in [0.05, 0.1) is 18.1 Å². The van der Waals surface area contributed by atoms with Crippen molar-refractivity contribution in [2.45, 2.75) is 18.7 Å². The minimum Gasteiger partial charge on any atom is -0.379 e. The summed E-state index contributed by atoms with van der Waals surface area (Å²) in [5, 5.41) is 2.83. The van der Waals surface area contributed by atoms with Crippen molar-refractivity contribution in [1.82, 2.24) is 4.31 Å². The summed E-state index contributed by atoms with van der Waals surface area (Å²) in [5.41, 5.74) is 3.36. The number of rotatable bonds is 4. The maximum Gasteiger partial charge on any atom is 0.255 e. The number of nitrogens with one attached hydrogen (secondary N) is 1. The summed E-state index contributed by atoms with van der Waals surface area (Å²) in [6.07, 6.45) is 0. The van der Waals surface area contributed by atoms with Gasteiger partial charge in [-0.3, -0.25) is 4.79 Å². The van der Waals surface area contributed by atoms with Crippen molar-refractivity contribution in [2.24, 2.45) is 0 Å². The quantitative estimate of drug-likeness (QED) is 0.892. The molecule has 1 aliphatic heterocycles. The highest BCUT2D eigenvalue weighted by Gasteiger charge is 2.26. The zero-order chi connectivity index (χ0) is 18.7. The zero-order valence-corrected chi connectivity index (χ0v) is 15.7. The number of ether oxygens (including phenoxy) is 1. The van der Waals surface area contributed by atoms with Crippen LogP contribution in [-0.4, -0.2) is 44.9 Å². The molecule has 3 rings (SSSR count). The number of aryl methyl sites for hydroxylation is 2. The van der Waals surface area contributed by atoms with Gasteiger partial charge in [0.2, 0.25) is 10.0 Å². The van der Waals surface area contributed by atoms with Crippen LogP contribution in [0.3, 0.4) is 0 Å². The SMILES string of the molecule is Cc1ccc(NC(=O)c2ccc(S(=O)(=O)N3CCOCC3)cc2)cc1C. The summed E-state index contributed by atoms with van der Waals surface area (Å²) < 4.78 is 31.8. The largest absolute Gasteiger partial charge is 0.379 e. The molecule has 0 unspecified atom stereocenters. The fraction of sp³-hybridized carbons (Fsp3) is 0.316. The van der Waals surface area contributed by atoms with Gasteiger partial charge in [-0.15, -0.1) is 0 Å². The van der Waals surface area contributed by atoms with Crippen LogP contribution in [-0.2, 0) is 14.8 Å². The van der Waals surface area contributed by atoms with Crippen LogP contribution < -0.4 is 5.32 Å². The molecule has 0 radical (unpaired) electrons. The van der Waals surface area contributed by atoms with Gasteiger partial charge in [0.1, 0.15) is 0 Å². The van der Waals surface area contributed by atoms with Crippen molar-refractivity contribution in [2.75, 3.05) is 31.6 Å². The van der Waals surface area contributed by atoms with E-state index in [1.807, 2.05) is 32.0 Å². The summed E-state index contributed by atoms with van der Waals surface area (Å²) in [7, 11) is -3.55. The lowest BCUT2D eigenvalue weighted by Crippen LogP contribution is -2.40. The smallest absolute Gasteiger partial charge is 0.255 e. The van der Waals surface area contributed by atoms with Crippen LogP contribution in [0.15, 0.2) is 47.4 Å². The number of hydrogen-bond donors (Lipinski definition) is 1. The lowest BCUT2D eigenvalue weighted by atomic mass is 10.1. The Bertz CT molecular complexity index is 902. The van der Waals surface area contributed by atoms with Gasteiger partial charge in [0.25, 0.3) is 5.91 Å². The summed E-state index contributed by atoms with van der Waals surface area (Å²) in [6, 6.07) is 11.7. The van der Waals surface area contributed by atoms with Crippen molar-refractivity contribution in [3.8, 4) is 0 Å². The first-order chi connectivity index (χ1) is 12.4. The van der Waals surface area contributed by atoms with E-state index in [1.54, 1.807) is 0 Å². The Kier molecular flexibility index (Phi) is 5.41. The lowest BCUT2D eigenvalue weighted by molar-refractivity contribution is 0.0730. The van der Waals surface area contributed by atoms with Gasteiger partial charge in [0, 0.05) is 24.3 Å². The number of amides is 1. The molecule has 26 heavy (non-hydrogen) atoms. The minimum absolute atomic E-state index is 0.183. The standard InChI is InChI=1S/C19H22N2O4S/c1-14-3-6-17(13-15(14)2)20-19(22)16-4-7-18(8-5-16)26(23,24)21-9-11-25-12-10-21/h3-8,13H,9-12H2,1-2H3,(H,20,22). The van der Waals surface area contributed by atoms with Gasteiger partial charge in [-0.1, -0.05) is 6.07 Å². The molecule has 1 amide bonds. The molecule has 7 heteroatoms. The first-order valence-electron chi connectivity index (χ1n) is 8.44. The van der Waals surface area contributed by atoms with Crippen LogP contribution in [0.2, 0.25) is 0 Å². The van der Waals surface area contributed by atoms with Gasteiger partial charge in [0.15, 0.2) is 0 Å².